The van der Waals surface area contributed by atoms with Gasteiger partial charge in [0, 0.05) is 6.04 Å². The highest BCUT2D eigenvalue weighted by Crippen LogP contribution is 2.21. The van der Waals surface area contributed by atoms with Crippen LogP contribution in [-0.4, -0.2) is 35.6 Å². The lowest BCUT2D eigenvalue weighted by Gasteiger charge is -2.16. The van der Waals surface area contributed by atoms with Gasteiger partial charge in [0.25, 0.3) is 0 Å². The smallest absolute Gasteiger partial charge is 0.308 e. The summed E-state index contributed by atoms with van der Waals surface area (Å²) in [5.41, 5.74) is 0. The Balaban J connectivity index is 2.57. The largest absolute Gasteiger partial charge is 0.481 e. The minimum atomic E-state index is -0.656. The van der Waals surface area contributed by atoms with Crippen molar-refractivity contribution in [3.05, 3.63) is 0 Å². The normalized spacial score (nSPS) is 34.6. The molecule has 0 aromatic heterocycles. The molecule has 0 aromatic carbocycles. The number of carboxylic acids is 1. The monoisotopic (exact) mass is 143 g/mol. The number of aliphatic carboxylic acids is 1. The summed E-state index contributed by atoms with van der Waals surface area (Å²) in [6, 6.07) is 0.206. The van der Waals surface area contributed by atoms with Crippen molar-refractivity contribution in [2.45, 2.75) is 19.4 Å². The molecule has 1 N–H and O–H groups in total. The number of carbonyl (C=O) groups is 1. The van der Waals surface area contributed by atoms with E-state index in [1.807, 2.05) is 14.0 Å². The fraction of sp³-hybridized carbons (Fsp3) is 0.857. The van der Waals surface area contributed by atoms with Crippen molar-refractivity contribution >= 4 is 5.97 Å². The van der Waals surface area contributed by atoms with Crippen LogP contribution in [0.2, 0.25) is 0 Å². The lowest BCUT2D eigenvalue weighted by molar-refractivity contribution is -0.142. The number of hydrogen-bond donors (Lipinski definition) is 1. The first kappa shape index (κ1) is 7.54. The molecule has 1 saturated heterocycles. The fourth-order valence-corrected chi connectivity index (χ4v) is 1.42. The van der Waals surface area contributed by atoms with Crippen molar-refractivity contribution in [2.24, 2.45) is 5.92 Å². The molecule has 0 aromatic rings. The molecule has 0 radical (unpaired) electrons. The number of carboxylic acid groups (broad SMARTS) is 1. The molecule has 0 aliphatic carbocycles. The van der Waals surface area contributed by atoms with Crippen LogP contribution >= 0.6 is 0 Å². The third-order valence-corrected chi connectivity index (χ3v) is 2.39. The van der Waals surface area contributed by atoms with E-state index < -0.39 is 5.97 Å². The Kier molecular flexibility index (Phi) is 1.94. The highest BCUT2D eigenvalue weighted by molar-refractivity contribution is 5.71. The first-order valence-electron chi connectivity index (χ1n) is 3.56. The van der Waals surface area contributed by atoms with E-state index in [0.29, 0.717) is 0 Å². The van der Waals surface area contributed by atoms with Gasteiger partial charge in [-0.3, -0.25) is 4.79 Å². The van der Waals surface area contributed by atoms with Crippen molar-refractivity contribution in [1.82, 2.24) is 4.90 Å². The number of likely N-dealkylation sites (tertiary alicyclic amines) is 1. The predicted octanol–water partition coefficient (Wildman–Crippen LogP) is 0.411. The summed E-state index contributed by atoms with van der Waals surface area (Å²) in [5, 5.41) is 8.67. The van der Waals surface area contributed by atoms with Crippen LogP contribution in [0.1, 0.15) is 13.3 Å². The average Bonchev–Trinajstić information content (AvgIpc) is 2.14. The van der Waals surface area contributed by atoms with Crippen molar-refractivity contribution in [1.29, 1.82) is 0 Å². The number of hydrogen-bond acceptors (Lipinski definition) is 2. The SMILES string of the molecule is C[C@H]1[C@H](C(=O)O)CCN1C. The van der Waals surface area contributed by atoms with E-state index in [4.69, 9.17) is 5.11 Å². The lowest BCUT2D eigenvalue weighted by Crippen LogP contribution is -2.29. The van der Waals surface area contributed by atoms with Crippen LogP contribution in [0.4, 0.5) is 0 Å². The quantitative estimate of drug-likeness (QED) is 0.578. The van der Waals surface area contributed by atoms with E-state index >= 15 is 0 Å². The molecule has 0 spiro atoms. The third-order valence-electron chi connectivity index (χ3n) is 2.39. The highest BCUT2D eigenvalue weighted by atomic mass is 16.4. The standard InChI is InChI=1S/C7H13NO2/c1-5-6(7(9)10)3-4-8(5)2/h5-6H,3-4H2,1-2H3,(H,9,10)/t5-,6+/m0/s1. The van der Waals surface area contributed by atoms with Gasteiger partial charge in [0.15, 0.2) is 0 Å². The topological polar surface area (TPSA) is 40.5 Å². The second kappa shape index (κ2) is 2.58. The fourth-order valence-electron chi connectivity index (χ4n) is 1.42. The van der Waals surface area contributed by atoms with Crippen LogP contribution in [0.15, 0.2) is 0 Å². The Morgan fingerprint density at radius 1 is 1.70 bits per heavy atom. The van der Waals surface area contributed by atoms with E-state index in [9.17, 15) is 4.79 Å². The maximum atomic E-state index is 10.5. The molecule has 3 nitrogen and oxygen atoms in total. The van der Waals surface area contributed by atoms with Gasteiger partial charge in [-0.1, -0.05) is 0 Å². The second-order valence-corrected chi connectivity index (χ2v) is 2.95. The van der Waals surface area contributed by atoms with E-state index in [0.717, 1.165) is 13.0 Å². The molecule has 1 aliphatic rings. The Labute approximate surface area is 60.6 Å². The summed E-state index contributed by atoms with van der Waals surface area (Å²) in [4.78, 5) is 12.6. The van der Waals surface area contributed by atoms with Crippen LogP contribution in [0.3, 0.4) is 0 Å². The summed E-state index contributed by atoms with van der Waals surface area (Å²) in [6.07, 6.45) is 0.799. The Morgan fingerprint density at radius 3 is 2.50 bits per heavy atom. The molecule has 58 valence electrons. The molecule has 1 heterocycles. The zero-order valence-corrected chi connectivity index (χ0v) is 6.37. The van der Waals surface area contributed by atoms with Gasteiger partial charge in [-0.05, 0) is 26.9 Å². The predicted molar refractivity (Wildman–Crippen MR) is 37.8 cm³/mol. The van der Waals surface area contributed by atoms with Gasteiger partial charge in [0.05, 0.1) is 5.92 Å². The molecule has 10 heavy (non-hydrogen) atoms. The first-order valence-corrected chi connectivity index (χ1v) is 3.56. The summed E-state index contributed by atoms with van der Waals surface area (Å²) in [6.45, 7) is 2.88. The van der Waals surface area contributed by atoms with E-state index in [1.165, 1.54) is 0 Å². The van der Waals surface area contributed by atoms with Crippen molar-refractivity contribution in [2.75, 3.05) is 13.6 Å². The lowest BCUT2D eigenvalue weighted by atomic mass is 10.0. The molecule has 0 saturated carbocycles. The summed E-state index contributed by atoms with van der Waals surface area (Å²) >= 11 is 0. The van der Waals surface area contributed by atoms with Gasteiger partial charge in [0.2, 0.25) is 0 Å². The first-order chi connectivity index (χ1) is 4.63. The molecule has 0 amide bonds. The van der Waals surface area contributed by atoms with Gasteiger partial charge >= 0.3 is 5.97 Å². The minimum absolute atomic E-state index is 0.148. The molecular formula is C7H13NO2. The zero-order valence-electron chi connectivity index (χ0n) is 6.37. The van der Waals surface area contributed by atoms with Crippen LogP contribution in [0.25, 0.3) is 0 Å². The maximum absolute atomic E-state index is 10.5. The van der Waals surface area contributed by atoms with Crippen LogP contribution in [0, 0.1) is 5.92 Å². The number of rotatable bonds is 1. The highest BCUT2D eigenvalue weighted by Gasteiger charge is 2.32. The van der Waals surface area contributed by atoms with E-state index in [-0.39, 0.29) is 12.0 Å². The molecule has 1 aliphatic heterocycles. The molecular weight excluding hydrogens is 130 g/mol. The van der Waals surface area contributed by atoms with E-state index in [1.54, 1.807) is 0 Å². The van der Waals surface area contributed by atoms with Crippen molar-refractivity contribution in [3.63, 3.8) is 0 Å². The molecule has 2 atom stereocenters. The minimum Gasteiger partial charge on any atom is -0.481 e. The Morgan fingerprint density at radius 2 is 2.30 bits per heavy atom. The number of nitrogens with zero attached hydrogens (tertiary/aromatic N) is 1. The van der Waals surface area contributed by atoms with Gasteiger partial charge in [0.1, 0.15) is 0 Å². The Bertz CT molecular complexity index is 147. The summed E-state index contributed by atoms with van der Waals surface area (Å²) < 4.78 is 0. The molecule has 0 unspecified atom stereocenters. The van der Waals surface area contributed by atoms with Gasteiger partial charge in [-0.2, -0.15) is 0 Å². The maximum Gasteiger partial charge on any atom is 0.308 e. The molecule has 3 heteroatoms. The van der Waals surface area contributed by atoms with Crippen LogP contribution < -0.4 is 0 Å². The summed E-state index contributed by atoms with van der Waals surface area (Å²) in [5.74, 6) is -0.804. The zero-order chi connectivity index (χ0) is 7.72. The molecule has 1 fully saturated rings. The van der Waals surface area contributed by atoms with Gasteiger partial charge in [-0.25, -0.2) is 0 Å². The Hall–Kier alpha value is -0.570. The molecule has 1 rings (SSSR count). The molecule has 0 bridgehead atoms. The van der Waals surface area contributed by atoms with Crippen molar-refractivity contribution in [3.8, 4) is 0 Å². The average molecular weight is 143 g/mol. The van der Waals surface area contributed by atoms with E-state index in [2.05, 4.69) is 4.90 Å². The second-order valence-electron chi connectivity index (χ2n) is 2.95. The van der Waals surface area contributed by atoms with Gasteiger partial charge < -0.3 is 10.0 Å². The van der Waals surface area contributed by atoms with Gasteiger partial charge in [-0.15, -0.1) is 0 Å². The van der Waals surface area contributed by atoms with Crippen LogP contribution in [0.5, 0.6) is 0 Å². The third kappa shape index (κ3) is 1.14. The van der Waals surface area contributed by atoms with Crippen molar-refractivity contribution < 1.29 is 9.90 Å². The summed E-state index contributed by atoms with van der Waals surface area (Å²) in [7, 11) is 1.97. The van der Waals surface area contributed by atoms with Crippen LogP contribution in [-0.2, 0) is 4.79 Å².